The van der Waals surface area contributed by atoms with Crippen molar-refractivity contribution in [2.24, 2.45) is 5.11 Å². The van der Waals surface area contributed by atoms with Gasteiger partial charge in [0.25, 0.3) is 0 Å². The summed E-state index contributed by atoms with van der Waals surface area (Å²) in [5.74, 6) is 4.75. The smallest absolute Gasteiger partial charge is 0.214 e. The summed E-state index contributed by atoms with van der Waals surface area (Å²) < 4.78 is 12.7. The van der Waals surface area contributed by atoms with Crippen molar-refractivity contribution in [1.29, 1.82) is 0 Å². The van der Waals surface area contributed by atoms with Crippen LogP contribution in [-0.2, 0) is 0 Å². The first-order chi connectivity index (χ1) is 7.24. The first-order valence-corrected chi connectivity index (χ1v) is 4.42. The van der Waals surface area contributed by atoms with Gasteiger partial charge in [-0.05, 0) is 5.53 Å². The second-order valence-electron chi connectivity index (χ2n) is 2.49. The molecule has 0 aromatic carbocycles. The molecule has 76 valence electrons. The number of hydrogen-bond acceptors (Lipinski definition) is 2. The van der Waals surface area contributed by atoms with Crippen molar-refractivity contribution < 1.29 is 4.39 Å². The van der Waals surface area contributed by atoms with Crippen molar-refractivity contribution in [2.45, 2.75) is 6.42 Å². The first kappa shape index (κ1) is 11.3. The summed E-state index contributed by atoms with van der Waals surface area (Å²) >= 11 is 5.72. The highest BCUT2D eigenvalue weighted by Crippen LogP contribution is 2.13. The van der Waals surface area contributed by atoms with Crippen LogP contribution in [0.5, 0.6) is 0 Å². The van der Waals surface area contributed by atoms with Gasteiger partial charge >= 0.3 is 0 Å². The van der Waals surface area contributed by atoms with E-state index in [0.29, 0.717) is 17.0 Å². The molecule has 0 atom stereocenters. The monoisotopic (exact) mass is 224 g/mol. The molecule has 0 unspecified atom stereocenters. The summed E-state index contributed by atoms with van der Waals surface area (Å²) in [5.41, 5.74) is 8.37. The third-order valence-electron chi connectivity index (χ3n) is 1.45. The summed E-state index contributed by atoms with van der Waals surface area (Å²) in [6.45, 7) is 0.286. The molecule has 0 aliphatic carbocycles. The van der Waals surface area contributed by atoms with Crippen LogP contribution in [0.25, 0.3) is 10.4 Å². The number of aromatic nitrogens is 1. The molecule has 0 aliphatic rings. The fourth-order valence-electron chi connectivity index (χ4n) is 0.817. The Balaban J connectivity index is 2.70. The predicted molar refractivity (Wildman–Crippen MR) is 54.7 cm³/mol. The Morgan fingerprint density at radius 3 is 3.20 bits per heavy atom. The largest absolute Gasteiger partial charge is 0.227 e. The minimum Gasteiger partial charge on any atom is -0.227 e. The van der Waals surface area contributed by atoms with Gasteiger partial charge in [-0.2, -0.15) is 4.39 Å². The van der Waals surface area contributed by atoms with E-state index in [4.69, 9.17) is 17.1 Å². The van der Waals surface area contributed by atoms with Crippen LogP contribution in [0.3, 0.4) is 0 Å². The third-order valence-corrected chi connectivity index (χ3v) is 1.75. The van der Waals surface area contributed by atoms with Gasteiger partial charge in [-0.1, -0.05) is 28.6 Å². The van der Waals surface area contributed by atoms with Crippen molar-refractivity contribution in [2.75, 3.05) is 6.54 Å². The van der Waals surface area contributed by atoms with E-state index in [1.807, 2.05) is 0 Å². The minimum atomic E-state index is -0.626. The van der Waals surface area contributed by atoms with Crippen LogP contribution in [-0.4, -0.2) is 11.5 Å². The van der Waals surface area contributed by atoms with E-state index in [1.54, 1.807) is 0 Å². The lowest BCUT2D eigenvalue weighted by Crippen LogP contribution is -1.85. The van der Waals surface area contributed by atoms with Gasteiger partial charge in [-0.3, -0.25) is 0 Å². The van der Waals surface area contributed by atoms with Crippen molar-refractivity contribution in [3.8, 4) is 11.8 Å². The molecular weight excluding hydrogens is 219 g/mol. The molecule has 1 heterocycles. The SMILES string of the molecule is [N-]=[N+]=NCCC#Cc1cc(F)ncc1Cl. The lowest BCUT2D eigenvalue weighted by atomic mass is 10.2. The standard InChI is InChI=1S/C9H6ClFN4/c10-8-6-13-9(11)5-7(8)3-1-2-4-14-15-12/h5-6H,2,4H2. The molecule has 0 N–H and O–H groups in total. The zero-order chi connectivity index (χ0) is 11.1. The Labute approximate surface area is 90.7 Å². The van der Waals surface area contributed by atoms with E-state index in [2.05, 4.69) is 26.9 Å². The maximum atomic E-state index is 12.7. The molecule has 0 amide bonds. The molecule has 0 spiro atoms. The molecule has 1 rings (SSSR count). The lowest BCUT2D eigenvalue weighted by Gasteiger charge is -1.93. The molecule has 0 radical (unpaired) electrons. The van der Waals surface area contributed by atoms with Crippen molar-refractivity contribution in [3.05, 3.63) is 39.2 Å². The summed E-state index contributed by atoms with van der Waals surface area (Å²) in [4.78, 5) is 5.94. The fraction of sp³-hybridized carbons (Fsp3) is 0.222. The summed E-state index contributed by atoms with van der Waals surface area (Å²) in [6, 6.07) is 1.16. The minimum absolute atomic E-state index is 0.286. The molecule has 0 bridgehead atoms. The topological polar surface area (TPSA) is 61.7 Å². The number of halogens is 2. The molecule has 4 nitrogen and oxygen atoms in total. The number of hydrogen-bond donors (Lipinski definition) is 0. The lowest BCUT2D eigenvalue weighted by molar-refractivity contribution is 0.583. The Morgan fingerprint density at radius 2 is 2.47 bits per heavy atom. The van der Waals surface area contributed by atoms with E-state index < -0.39 is 5.95 Å². The molecule has 1 aromatic rings. The zero-order valence-electron chi connectivity index (χ0n) is 7.61. The third kappa shape index (κ3) is 3.86. The zero-order valence-corrected chi connectivity index (χ0v) is 8.37. The van der Waals surface area contributed by atoms with Crippen molar-refractivity contribution in [3.63, 3.8) is 0 Å². The van der Waals surface area contributed by atoms with E-state index in [0.717, 1.165) is 6.07 Å². The van der Waals surface area contributed by atoms with E-state index in [9.17, 15) is 4.39 Å². The number of nitrogens with zero attached hydrogens (tertiary/aromatic N) is 4. The van der Waals surface area contributed by atoms with Gasteiger partial charge in [-0.15, -0.1) is 0 Å². The van der Waals surface area contributed by atoms with Gasteiger partial charge in [0.05, 0.1) is 5.02 Å². The number of pyridine rings is 1. The molecule has 0 fully saturated rings. The van der Waals surface area contributed by atoms with E-state index >= 15 is 0 Å². The maximum absolute atomic E-state index is 12.7. The Kier molecular flexibility index (Phi) is 4.42. The first-order valence-electron chi connectivity index (χ1n) is 4.05. The van der Waals surface area contributed by atoms with Crippen LogP contribution in [0.2, 0.25) is 5.02 Å². The van der Waals surface area contributed by atoms with E-state index in [-0.39, 0.29) is 6.54 Å². The predicted octanol–water partition coefficient (Wildman–Crippen LogP) is 2.93. The van der Waals surface area contributed by atoms with Gasteiger partial charge < -0.3 is 0 Å². The Morgan fingerprint density at radius 1 is 1.67 bits per heavy atom. The normalized spacial score (nSPS) is 8.67. The van der Waals surface area contributed by atoms with Gasteiger partial charge in [-0.25, -0.2) is 4.98 Å². The number of rotatable bonds is 2. The molecule has 0 saturated heterocycles. The summed E-state index contributed by atoms with van der Waals surface area (Å²) in [7, 11) is 0. The van der Waals surface area contributed by atoms with Crippen LogP contribution in [0.4, 0.5) is 4.39 Å². The quantitative estimate of drug-likeness (QED) is 0.190. The van der Waals surface area contributed by atoms with Gasteiger partial charge in [0.15, 0.2) is 0 Å². The van der Waals surface area contributed by atoms with Crippen LogP contribution >= 0.6 is 11.6 Å². The van der Waals surface area contributed by atoms with Crippen LogP contribution in [0.1, 0.15) is 12.0 Å². The van der Waals surface area contributed by atoms with Gasteiger partial charge in [0.2, 0.25) is 5.95 Å². The molecular formula is C9H6ClFN4. The highest BCUT2D eigenvalue weighted by molar-refractivity contribution is 6.31. The van der Waals surface area contributed by atoms with Crippen molar-refractivity contribution in [1.82, 2.24) is 4.98 Å². The van der Waals surface area contributed by atoms with Crippen LogP contribution in [0, 0.1) is 17.8 Å². The Bertz CT molecular complexity index is 457. The molecule has 0 aliphatic heterocycles. The van der Waals surface area contributed by atoms with Gasteiger partial charge in [0.1, 0.15) is 0 Å². The summed E-state index contributed by atoms with van der Waals surface area (Å²) in [6.07, 6.45) is 1.61. The molecule has 6 heteroatoms. The molecule has 0 saturated carbocycles. The average molecular weight is 225 g/mol. The molecule has 1 aromatic heterocycles. The maximum Gasteiger partial charge on any atom is 0.214 e. The van der Waals surface area contributed by atoms with Gasteiger partial charge in [0, 0.05) is 35.7 Å². The number of azide groups is 1. The van der Waals surface area contributed by atoms with Crippen LogP contribution in [0.15, 0.2) is 17.4 Å². The van der Waals surface area contributed by atoms with Crippen LogP contribution < -0.4 is 0 Å². The summed E-state index contributed by atoms with van der Waals surface area (Å²) in [5, 5.41) is 3.60. The Hall–Kier alpha value is -1.76. The average Bonchev–Trinajstić information content (AvgIpc) is 2.23. The highest BCUT2D eigenvalue weighted by atomic mass is 35.5. The van der Waals surface area contributed by atoms with E-state index in [1.165, 1.54) is 6.20 Å². The second-order valence-corrected chi connectivity index (χ2v) is 2.90. The fourth-order valence-corrected chi connectivity index (χ4v) is 0.968. The second kappa shape index (κ2) is 5.86. The molecule has 15 heavy (non-hydrogen) atoms. The van der Waals surface area contributed by atoms with Crippen molar-refractivity contribution >= 4 is 11.6 Å². The highest BCUT2D eigenvalue weighted by Gasteiger charge is 1.98.